The number of hydrogen-bond donors (Lipinski definition) is 2. The number of nitrogens with one attached hydrogen (secondary N) is 2. The van der Waals surface area contributed by atoms with Gasteiger partial charge in [0, 0.05) is 16.8 Å². The van der Waals surface area contributed by atoms with Gasteiger partial charge in [-0.3, -0.25) is 9.82 Å². The number of anilines is 1. The highest BCUT2D eigenvalue weighted by Crippen LogP contribution is 2.21. The van der Waals surface area contributed by atoms with E-state index < -0.39 is 10.0 Å². The molecule has 0 aliphatic rings. The Balaban J connectivity index is 2.32. The Bertz CT molecular complexity index is 695. The van der Waals surface area contributed by atoms with Crippen LogP contribution in [0.5, 0.6) is 0 Å². The zero-order valence-corrected chi connectivity index (χ0v) is 12.1. The van der Waals surface area contributed by atoms with Crippen LogP contribution in [-0.4, -0.2) is 18.6 Å². The minimum Gasteiger partial charge on any atom is -0.280 e. The maximum atomic E-state index is 12.2. The van der Waals surface area contributed by atoms with E-state index >= 15 is 0 Å². The van der Waals surface area contributed by atoms with E-state index in [1.165, 1.54) is 6.07 Å². The van der Waals surface area contributed by atoms with E-state index in [0.29, 0.717) is 10.6 Å². The second-order valence-electron chi connectivity index (χ2n) is 4.15. The lowest BCUT2D eigenvalue weighted by Gasteiger charge is -2.08. The van der Waals surface area contributed by atoms with Crippen LogP contribution in [-0.2, 0) is 16.4 Å². The molecule has 5 nitrogen and oxygen atoms in total. The molecule has 2 rings (SSSR count). The van der Waals surface area contributed by atoms with Crippen molar-refractivity contribution in [2.75, 3.05) is 4.72 Å². The lowest BCUT2D eigenvalue weighted by atomic mass is 10.2. The summed E-state index contributed by atoms with van der Waals surface area (Å²) in [5, 5.41) is 7.16. The second kappa shape index (κ2) is 5.22. The van der Waals surface area contributed by atoms with Crippen molar-refractivity contribution < 1.29 is 8.42 Å². The van der Waals surface area contributed by atoms with Crippen LogP contribution in [0.2, 0.25) is 5.02 Å². The number of nitrogens with zero attached hydrogens (tertiary/aromatic N) is 1. The van der Waals surface area contributed by atoms with Gasteiger partial charge in [-0.05, 0) is 37.1 Å². The van der Waals surface area contributed by atoms with Gasteiger partial charge < -0.3 is 0 Å². The zero-order chi connectivity index (χ0) is 14.0. The molecular weight excluding hydrogens is 286 g/mol. The Kier molecular flexibility index (Phi) is 3.82. The fraction of sp³-hybridized carbons (Fsp3) is 0.250. The third-order valence-electron chi connectivity index (χ3n) is 2.68. The van der Waals surface area contributed by atoms with Crippen LogP contribution in [0.3, 0.4) is 0 Å². The maximum absolute atomic E-state index is 12.2. The number of sulfonamides is 1. The number of halogens is 1. The predicted molar refractivity (Wildman–Crippen MR) is 75.0 cm³/mol. The van der Waals surface area contributed by atoms with E-state index in [1.54, 1.807) is 25.1 Å². The van der Waals surface area contributed by atoms with Crippen molar-refractivity contribution >= 4 is 27.4 Å². The molecule has 1 aromatic carbocycles. The Morgan fingerprint density at radius 2 is 2.11 bits per heavy atom. The predicted octanol–water partition coefficient (Wildman–Crippen LogP) is 2.73. The first-order valence-electron chi connectivity index (χ1n) is 5.75. The molecule has 0 bridgehead atoms. The first-order chi connectivity index (χ1) is 8.92. The summed E-state index contributed by atoms with van der Waals surface area (Å²) in [7, 11) is -3.65. The molecule has 1 aromatic heterocycles. The molecule has 0 aliphatic heterocycles. The summed E-state index contributed by atoms with van der Waals surface area (Å²) >= 11 is 5.82. The molecule has 7 heteroatoms. The molecule has 2 aromatic rings. The molecular formula is C12H14ClN3O2S. The summed E-state index contributed by atoms with van der Waals surface area (Å²) in [5.74, 6) is 0.284. The molecule has 19 heavy (non-hydrogen) atoms. The van der Waals surface area contributed by atoms with Gasteiger partial charge in [-0.2, -0.15) is 5.10 Å². The molecule has 2 N–H and O–H groups in total. The van der Waals surface area contributed by atoms with Crippen molar-refractivity contribution in [3.8, 4) is 0 Å². The van der Waals surface area contributed by atoms with Crippen molar-refractivity contribution in [2.24, 2.45) is 0 Å². The van der Waals surface area contributed by atoms with E-state index in [-0.39, 0.29) is 10.7 Å². The summed E-state index contributed by atoms with van der Waals surface area (Å²) < 4.78 is 26.9. The number of rotatable bonds is 4. The minimum atomic E-state index is -3.65. The molecule has 0 saturated carbocycles. The fourth-order valence-electron chi connectivity index (χ4n) is 1.70. The maximum Gasteiger partial charge on any atom is 0.263 e. The van der Waals surface area contributed by atoms with Gasteiger partial charge in [0.25, 0.3) is 10.0 Å². The smallest absolute Gasteiger partial charge is 0.263 e. The highest BCUT2D eigenvalue weighted by atomic mass is 35.5. The Hall–Kier alpha value is -1.53. The van der Waals surface area contributed by atoms with Gasteiger partial charge in [0.1, 0.15) is 0 Å². The molecule has 0 saturated heterocycles. The number of hydrogen-bond acceptors (Lipinski definition) is 3. The van der Waals surface area contributed by atoms with Crippen molar-refractivity contribution in [2.45, 2.75) is 25.2 Å². The van der Waals surface area contributed by atoms with Crippen molar-refractivity contribution in [3.05, 3.63) is 40.5 Å². The first kappa shape index (κ1) is 13.9. The third-order valence-corrected chi connectivity index (χ3v) is 4.43. The van der Waals surface area contributed by atoms with Crippen LogP contribution in [0.15, 0.2) is 29.2 Å². The molecule has 0 aliphatic carbocycles. The second-order valence-corrected chi connectivity index (χ2v) is 6.23. The van der Waals surface area contributed by atoms with E-state index in [2.05, 4.69) is 14.9 Å². The van der Waals surface area contributed by atoms with Crippen LogP contribution in [0.25, 0.3) is 0 Å². The van der Waals surface area contributed by atoms with Crippen LogP contribution in [0, 0.1) is 6.92 Å². The van der Waals surface area contributed by atoms with Crippen LogP contribution in [0.1, 0.15) is 18.2 Å². The van der Waals surface area contributed by atoms with Gasteiger partial charge in [-0.15, -0.1) is 0 Å². The van der Waals surface area contributed by atoms with Gasteiger partial charge in [0.15, 0.2) is 5.82 Å². The summed E-state index contributed by atoms with van der Waals surface area (Å²) in [6, 6.07) is 6.31. The van der Waals surface area contributed by atoms with Crippen molar-refractivity contribution in [3.63, 3.8) is 0 Å². The Morgan fingerprint density at radius 1 is 1.37 bits per heavy atom. The highest BCUT2D eigenvalue weighted by Gasteiger charge is 2.18. The van der Waals surface area contributed by atoms with E-state index in [1.807, 2.05) is 6.92 Å². The van der Waals surface area contributed by atoms with E-state index in [4.69, 9.17) is 11.6 Å². The molecule has 0 amide bonds. The normalized spacial score (nSPS) is 11.5. The number of H-pyrrole nitrogens is 1. The minimum absolute atomic E-state index is 0.193. The van der Waals surface area contributed by atoms with Crippen molar-refractivity contribution in [1.29, 1.82) is 0 Å². The van der Waals surface area contributed by atoms with E-state index in [0.717, 1.165) is 12.1 Å². The number of aromatic amines is 1. The lowest BCUT2D eigenvalue weighted by Crippen LogP contribution is -2.14. The first-order valence-corrected chi connectivity index (χ1v) is 7.61. The van der Waals surface area contributed by atoms with Crippen molar-refractivity contribution in [1.82, 2.24) is 10.2 Å². The Labute approximate surface area is 117 Å². The molecule has 0 fully saturated rings. The number of aryl methyl sites for hydroxylation is 2. The van der Waals surface area contributed by atoms with Gasteiger partial charge in [-0.25, -0.2) is 8.42 Å². The lowest BCUT2D eigenvalue weighted by molar-refractivity contribution is 0.600. The topological polar surface area (TPSA) is 74.8 Å². The summed E-state index contributed by atoms with van der Waals surface area (Å²) in [6.45, 7) is 3.65. The number of aromatic nitrogens is 2. The molecule has 0 unspecified atom stereocenters. The Morgan fingerprint density at radius 3 is 2.68 bits per heavy atom. The molecule has 102 valence electrons. The fourth-order valence-corrected chi connectivity index (χ4v) is 3.15. The molecule has 1 heterocycles. The van der Waals surface area contributed by atoms with Gasteiger partial charge in [-0.1, -0.05) is 18.5 Å². The average molecular weight is 300 g/mol. The number of benzene rings is 1. The molecule has 0 spiro atoms. The summed E-state index contributed by atoms with van der Waals surface area (Å²) in [6.07, 6.45) is 0.759. The van der Waals surface area contributed by atoms with Gasteiger partial charge in [0.05, 0.1) is 4.90 Å². The quantitative estimate of drug-likeness (QED) is 0.911. The van der Waals surface area contributed by atoms with E-state index in [9.17, 15) is 8.42 Å². The van der Waals surface area contributed by atoms with Gasteiger partial charge in [0.2, 0.25) is 0 Å². The van der Waals surface area contributed by atoms with Crippen LogP contribution in [0.4, 0.5) is 5.82 Å². The zero-order valence-electron chi connectivity index (χ0n) is 10.6. The highest BCUT2D eigenvalue weighted by molar-refractivity contribution is 7.92. The van der Waals surface area contributed by atoms with Gasteiger partial charge >= 0.3 is 0 Å². The summed E-state index contributed by atoms with van der Waals surface area (Å²) in [4.78, 5) is 0.193. The summed E-state index contributed by atoms with van der Waals surface area (Å²) in [5.41, 5.74) is 1.46. The third kappa shape index (κ3) is 3.08. The monoisotopic (exact) mass is 299 g/mol. The molecule has 0 radical (unpaired) electrons. The average Bonchev–Trinajstić information content (AvgIpc) is 2.75. The van der Waals surface area contributed by atoms with Crippen LogP contribution >= 0.6 is 11.6 Å². The largest absolute Gasteiger partial charge is 0.280 e. The molecule has 0 atom stereocenters. The standard InChI is InChI=1S/C12H14ClN3O2S/c1-3-10-7-12(15-14-10)16-19(17,18)11-5-4-9(13)6-8(11)2/h4-7H,3H2,1-2H3,(H2,14,15,16). The SMILES string of the molecule is CCc1cc(NS(=O)(=O)c2ccc(Cl)cc2C)n[nH]1. The van der Waals surface area contributed by atoms with Crippen LogP contribution < -0.4 is 4.72 Å².